The maximum absolute atomic E-state index is 12.1. The van der Waals surface area contributed by atoms with Crippen LogP contribution in [0.2, 0.25) is 0 Å². The number of hydrogen-bond acceptors (Lipinski definition) is 6. The Bertz CT molecular complexity index is 593. The molecule has 1 atom stereocenters. The molecule has 1 saturated heterocycles. The van der Waals surface area contributed by atoms with Crippen molar-refractivity contribution in [2.24, 2.45) is 0 Å². The van der Waals surface area contributed by atoms with Crippen molar-refractivity contribution in [2.45, 2.75) is 37.6 Å². The number of phenols is 1. The summed E-state index contributed by atoms with van der Waals surface area (Å²) in [6.45, 7) is 5.29. The second-order valence-corrected chi connectivity index (χ2v) is 6.72. The predicted molar refractivity (Wildman–Crippen MR) is 70.9 cm³/mol. The highest BCUT2D eigenvalue weighted by molar-refractivity contribution is 7.86. The Balaban J connectivity index is 2.07. The van der Waals surface area contributed by atoms with Gasteiger partial charge in [0.2, 0.25) is 0 Å². The summed E-state index contributed by atoms with van der Waals surface area (Å²) in [6, 6.07) is 4.11. The summed E-state index contributed by atoms with van der Waals surface area (Å²) >= 11 is 0. The van der Waals surface area contributed by atoms with Gasteiger partial charge in [-0.05, 0) is 32.4 Å². The van der Waals surface area contributed by atoms with E-state index < -0.39 is 22.0 Å². The second-order valence-electron chi connectivity index (χ2n) is 5.14. The lowest BCUT2D eigenvalue weighted by Crippen LogP contribution is -2.25. The molecule has 1 heterocycles. The summed E-state index contributed by atoms with van der Waals surface area (Å²) in [5.74, 6) is -0.849. The minimum atomic E-state index is -3.93. The lowest BCUT2D eigenvalue weighted by Gasteiger charge is -2.17. The molecule has 0 aliphatic carbocycles. The Morgan fingerprint density at radius 3 is 2.75 bits per heavy atom. The molecule has 0 bridgehead atoms. The van der Waals surface area contributed by atoms with E-state index in [1.165, 1.54) is 18.2 Å². The first-order valence-electron chi connectivity index (χ1n) is 6.20. The summed E-state index contributed by atoms with van der Waals surface area (Å²) in [4.78, 5) is -0.0457. The average Bonchev–Trinajstić information content (AvgIpc) is 2.70. The molecule has 1 aromatic carbocycles. The first-order valence-corrected chi connectivity index (χ1v) is 7.61. The molecular formula is C13H18O6S. The number of ether oxygens (including phenoxy) is 2. The van der Waals surface area contributed by atoms with Crippen LogP contribution in [0.25, 0.3) is 0 Å². The number of aryl methyl sites for hydroxylation is 1. The van der Waals surface area contributed by atoms with E-state index in [2.05, 4.69) is 0 Å². The molecule has 0 radical (unpaired) electrons. The molecular weight excluding hydrogens is 284 g/mol. The summed E-state index contributed by atoms with van der Waals surface area (Å²) in [5, 5.41) is 9.38. The molecule has 20 heavy (non-hydrogen) atoms. The molecule has 1 fully saturated rings. The highest BCUT2D eigenvalue weighted by Gasteiger charge is 2.34. The van der Waals surface area contributed by atoms with E-state index >= 15 is 0 Å². The Morgan fingerprint density at radius 2 is 2.15 bits per heavy atom. The Labute approximate surface area is 118 Å². The molecule has 1 unspecified atom stereocenters. The van der Waals surface area contributed by atoms with Crippen molar-refractivity contribution in [1.29, 1.82) is 0 Å². The Hall–Kier alpha value is -1.15. The van der Waals surface area contributed by atoms with Crippen molar-refractivity contribution in [3.63, 3.8) is 0 Å². The van der Waals surface area contributed by atoms with E-state index in [0.29, 0.717) is 5.56 Å². The van der Waals surface area contributed by atoms with Crippen LogP contribution in [0.15, 0.2) is 23.1 Å². The first-order chi connectivity index (χ1) is 9.20. The van der Waals surface area contributed by atoms with Crippen LogP contribution >= 0.6 is 0 Å². The highest BCUT2D eigenvalue weighted by atomic mass is 32.2. The fourth-order valence-electron chi connectivity index (χ4n) is 1.93. The van der Waals surface area contributed by atoms with E-state index in [1.54, 1.807) is 20.8 Å². The number of hydrogen-bond donors (Lipinski definition) is 1. The van der Waals surface area contributed by atoms with Gasteiger partial charge in [-0.1, -0.05) is 6.07 Å². The summed E-state index contributed by atoms with van der Waals surface area (Å²) < 4.78 is 40.0. The first kappa shape index (κ1) is 15.2. The van der Waals surface area contributed by atoms with E-state index in [9.17, 15) is 13.5 Å². The van der Waals surface area contributed by atoms with E-state index in [-0.39, 0.29) is 23.9 Å². The maximum atomic E-state index is 12.1. The van der Waals surface area contributed by atoms with Crippen LogP contribution in [0.5, 0.6) is 5.75 Å². The molecule has 1 N–H and O–H groups in total. The van der Waals surface area contributed by atoms with Crippen molar-refractivity contribution in [1.82, 2.24) is 0 Å². The number of phenolic OH excluding ortho intramolecular Hbond substituents is 1. The van der Waals surface area contributed by atoms with Crippen molar-refractivity contribution in [3.05, 3.63) is 23.8 Å². The van der Waals surface area contributed by atoms with Gasteiger partial charge in [0.05, 0.1) is 13.2 Å². The second kappa shape index (κ2) is 5.33. The molecule has 1 aliphatic rings. The minimum Gasteiger partial charge on any atom is -0.508 e. The Kier molecular flexibility index (Phi) is 4.06. The molecule has 112 valence electrons. The van der Waals surface area contributed by atoms with Crippen LogP contribution in [-0.4, -0.2) is 38.6 Å². The monoisotopic (exact) mass is 302 g/mol. The van der Waals surface area contributed by atoms with Gasteiger partial charge >= 0.3 is 0 Å². The van der Waals surface area contributed by atoms with Gasteiger partial charge in [-0.2, -0.15) is 8.42 Å². The molecule has 1 aromatic rings. The molecule has 0 saturated carbocycles. The van der Waals surface area contributed by atoms with Gasteiger partial charge in [0.15, 0.2) is 5.79 Å². The zero-order valence-corrected chi connectivity index (χ0v) is 12.4. The number of benzene rings is 1. The third kappa shape index (κ3) is 3.49. The zero-order chi connectivity index (χ0) is 15.0. The molecule has 0 amide bonds. The van der Waals surface area contributed by atoms with E-state index in [1.807, 2.05) is 0 Å². The van der Waals surface area contributed by atoms with Gasteiger partial charge in [0.25, 0.3) is 10.1 Å². The van der Waals surface area contributed by atoms with Crippen molar-refractivity contribution < 1.29 is 27.2 Å². The van der Waals surface area contributed by atoms with Crippen LogP contribution in [0.1, 0.15) is 19.4 Å². The quantitative estimate of drug-likeness (QED) is 0.850. The number of rotatable bonds is 4. The fraction of sp³-hybridized carbons (Fsp3) is 0.538. The average molecular weight is 302 g/mol. The summed E-state index contributed by atoms with van der Waals surface area (Å²) in [7, 11) is -3.93. The third-order valence-electron chi connectivity index (χ3n) is 2.92. The molecule has 6 nitrogen and oxygen atoms in total. The largest absolute Gasteiger partial charge is 0.508 e. The lowest BCUT2D eigenvalue weighted by atomic mass is 10.2. The van der Waals surface area contributed by atoms with Gasteiger partial charge in [-0.25, -0.2) is 0 Å². The zero-order valence-electron chi connectivity index (χ0n) is 11.6. The minimum absolute atomic E-state index is 0.0457. The summed E-state index contributed by atoms with van der Waals surface area (Å²) in [6.07, 6.45) is -0.433. The Morgan fingerprint density at radius 1 is 1.45 bits per heavy atom. The van der Waals surface area contributed by atoms with Gasteiger partial charge in [0.1, 0.15) is 16.7 Å². The lowest BCUT2D eigenvalue weighted by molar-refractivity contribution is -0.141. The van der Waals surface area contributed by atoms with Crippen LogP contribution in [0.3, 0.4) is 0 Å². The fourth-order valence-corrected chi connectivity index (χ4v) is 3.12. The molecule has 7 heteroatoms. The SMILES string of the molecule is Cc1ccc(O)cc1S(=O)(=O)OCC1COC(C)(C)O1. The predicted octanol–water partition coefficient (Wildman–Crippen LogP) is 1.56. The van der Waals surface area contributed by atoms with Crippen LogP contribution in [-0.2, 0) is 23.8 Å². The van der Waals surface area contributed by atoms with Gasteiger partial charge in [-0.3, -0.25) is 4.18 Å². The normalized spacial score (nSPS) is 22.1. The standard InChI is InChI=1S/C13H18O6S/c1-9-4-5-10(14)6-12(9)20(15,16)18-8-11-7-17-13(2,3)19-11/h4-6,11,14H,7-8H2,1-3H3. The van der Waals surface area contributed by atoms with Crippen molar-refractivity contribution in [2.75, 3.05) is 13.2 Å². The van der Waals surface area contributed by atoms with Crippen LogP contribution in [0, 0.1) is 6.92 Å². The van der Waals surface area contributed by atoms with Gasteiger partial charge in [0, 0.05) is 6.07 Å². The highest BCUT2D eigenvalue weighted by Crippen LogP contribution is 2.25. The van der Waals surface area contributed by atoms with Crippen LogP contribution < -0.4 is 0 Å². The van der Waals surface area contributed by atoms with Crippen LogP contribution in [0.4, 0.5) is 0 Å². The third-order valence-corrected chi connectivity index (χ3v) is 4.34. The number of aromatic hydroxyl groups is 1. The van der Waals surface area contributed by atoms with E-state index in [4.69, 9.17) is 13.7 Å². The van der Waals surface area contributed by atoms with E-state index in [0.717, 1.165) is 0 Å². The molecule has 0 aromatic heterocycles. The van der Waals surface area contributed by atoms with Gasteiger partial charge < -0.3 is 14.6 Å². The van der Waals surface area contributed by atoms with Crippen molar-refractivity contribution in [3.8, 4) is 5.75 Å². The smallest absolute Gasteiger partial charge is 0.297 e. The molecule has 1 aliphatic heterocycles. The summed E-state index contributed by atoms with van der Waals surface area (Å²) in [5.41, 5.74) is 0.506. The van der Waals surface area contributed by atoms with Gasteiger partial charge in [-0.15, -0.1) is 0 Å². The topological polar surface area (TPSA) is 82.1 Å². The maximum Gasteiger partial charge on any atom is 0.297 e. The molecule has 0 spiro atoms. The van der Waals surface area contributed by atoms with Crippen molar-refractivity contribution >= 4 is 10.1 Å². The molecule has 2 rings (SSSR count).